The minimum Gasteiger partial charge on any atom is -0.370 e. The molecule has 1 amide bonds. The third kappa shape index (κ3) is 4.08. The van der Waals surface area contributed by atoms with Crippen molar-refractivity contribution in [2.75, 3.05) is 31.1 Å². The third-order valence-corrected chi connectivity index (χ3v) is 6.16. The molecule has 0 aliphatic carbocycles. The van der Waals surface area contributed by atoms with Crippen LogP contribution in [0.5, 0.6) is 0 Å². The van der Waals surface area contributed by atoms with Crippen molar-refractivity contribution in [3.63, 3.8) is 0 Å². The Hall–Kier alpha value is -2.79. The van der Waals surface area contributed by atoms with Gasteiger partial charge in [-0.2, -0.15) is 5.26 Å². The molecule has 0 bridgehead atoms. The summed E-state index contributed by atoms with van der Waals surface area (Å²) in [5.41, 5.74) is 1.72. The van der Waals surface area contributed by atoms with Crippen LogP contribution in [0.1, 0.15) is 24.8 Å². The van der Waals surface area contributed by atoms with Crippen LogP contribution >= 0.6 is 0 Å². The van der Waals surface area contributed by atoms with Gasteiger partial charge in [0.1, 0.15) is 6.07 Å². The van der Waals surface area contributed by atoms with E-state index in [2.05, 4.69) is 21.7 Å². The lowest BCUT2D eigenvalue weighted by Crippen LogP contribution is -2.42. The van der Waals surface area contributed by atoms with Gasteiger partial charge in [-0.1, -0.05) is 0 Å². The van der Waals surface area contributed by atoms with E-state index >= 15 is 0 Å². The second-order valence-corrected chi connectivity index (χ2v) is 8.04. The molecule has 0 spiro atoms. The fourth-order valence-corrected chi connectivity index (χ4v) is 4.55. The fourth-order valence-electron chi connectivity index (χ4n) is 4.55. The third-order valence-electron chi connectivity index (χ3n) is 6.16. The van der Waals surface area contributed by atoms with Gasteiger partial charge in [0.2, 0.25) is 12.3 Å². The number of carbonyl (C=O) groups excluding carboxylic acids is 1. The summed E-state index contributed by atoms with van der Waals surface area (Å²) in [6.07, 6.45) is 1.67. The van der Waals surface area contributed by atoms with E-state index < -0.39 is 18.3 Å². The van der Waals surface area contributed by atoms with Gasteiger partial charge in [-0.05, 0) is 56.6 Å². The van der Waals surface area contributed by atoms with Gasteiger partial charge in [0, 0.05) is 36.4 Å². The maximum atomic E-state index is 13.8. The molecule has 158 valence electrons. The molecule has 3 atom stereocenters. The molecule has 2 saturated heterocycles. The van der Waals surface area contributed by atoms with Crippen LogP contribution in [0.3, 0.4) is 0 Å². The van der Waals surface area contributed by atoms with E-state index in [0.717, 1.165) is 43.4 Å². The summed E-state index contributed by atoms with van der Waals surface area (Å²) in [4.78, 5) is 19.1. The molecule has 30 heavy (non-hydrogen) atoms. The highest BCUT2D eigenvalue weighted by molar-refractivity contribution is 5.95. The summed E-state index contributed by atoms with van der Waals surface area (Å²) in [7, 11) is 0. The van der Waals surface area contributed by atoms with Crippen molar-refractivity contribution in [1.82, 2.24) is 15.6 Å². The van der Waals surface area contributed by atoms with E-state index in [4.69, 9.17) is 0 Å². The fraction of sp³-hybridized carbons (Fsp3) is 0.500. The molecule has 2 N–H and O–H groups in total. The molecule has 1 aromatic carbocycles. The number of nitrogens with zero attached hydrogens (tertiary/aromatic N) is 3. The minimum atomic E-state index is -2.58. The number of nitriles is 1. The molecule has 3 heterocycles. The van der Waals surface area contributed by atoms with Crippen LogP contribution in [0, 0.1) is 23.2 Å². The van der Waals surface area contributed by atoms with Gasteiger partial charge in [-0.15, -0.1) is 0 Å². The molecule has 1 aromatic heterocycles. The number of carbonyl (C=O) groups is 1. The molecule has 0 radical (unpaired) electrons. The molecule has 2 aromatic rings. The van der Waals surface area contributed by atoms with Gasteiger partial charge >= 0.3 is 0 Å². The maximum Gasteiger partial charge on any atom is 0.243 e. The van der Waals surface area contributed by atoms with Crippen LogP contribution in [0.2, 0.25) is 0 Å². The second-order valence-electron chi connectivity index (χ2n) is 8.04. The zero-order valence-corrected chi connectivity index (χ0v) is 16.7. The summed E-state index contributed by atoms with van der Waals surface area (Å²) in [6, 6.07) is 9.17. The lowest BCUT2D eigenvalue weighted by atomic mass is 9.95. The zero-order valence-electron chi connectivity index (χ0n) is 16.7. The van der Waals surface area contributed by atoms with Crippen LogP contribution in [0.25, 0.3) is 10.9 Å². The molecular formula is C22H25F2N5O. The van der Waals surface area contributed by atoms with Crippen LogP contribution in [0.15, 0.2) is 30.5 Å². The van der Waals surface area contributed by atoms with Gasteiger partial charge in [-0.3, -0.25) is 9.78 Å². The number of halogens is 2. The Morgan fingerprint density at radius 3 is 2.93 bits per heavy atom. The number of anilines is 1. The van der Waals surface area contributed by atoms with Crippen molar-refractivity contribution in [3.05, 3.63) is 36.0 Å². The highest BCUT2D eigenvalue weighted by Crippen LogP contribution is 2.36. The van der Waals surface area contributed by atoms with Crippen LogP contribution in [-0.4, -0.2) is 49.5 Å². The van der Waals surface area contributed by atoms with E-state index in [1.807, 2.05) is 11.0 Å². The number of alkyl halides is 2. The van der Waals surface area contributed by atoms with Gasteiger partial charge in [0.05, 0.1) is 22.9 Å². The highest BCUT2D eigenvalue weighted by atomic mass is 19.3. The zero-order chi connectivity index (χ0) is 21.1. The number of amides is 1. The Labute approximate surface area is 174 Å². The first kappa shape index (κ1) is 20.5. The van der Waals surface area contributed by atoms with Crippen molar-refractivity contribution in [3.8, 4) is 6.07 Å². The monoisotopic (exact) mass is 413 g/mol. The Morgan fingerprint density at radius 2 is 2.13 bits per heavy atom. The van der Waals surface area contributed by atoms with Crippen molar-refractivity contribution >= 4 is 22.5 Å². The Bertz CT molecular complexity index is 952. The standard InChI is InChI=1S/C22H25F2N5O/c23-21(24)17-12-29(13-18(17)22(30)28-15-3-1-8-26-10-7-15)19-6-5-14(11-25)20-16(19)4-2-9-27-20/h2,4-6,9,15,17-18,21,26H,1,3,7-8,10,12-13H2,(H,28,30). The van der Waals surface area contributed by atoms with Crippen molar-refractivity contribution in [2.24, 2.45) is 11.8 Å². The molecule has 3 unspecified atom stereocenters. The van der Waals surface area contributed by atoms with Crippen molar-refractivity contribution in [1.29, 1.82) is 5.26 Å². The van der Waals surface area contributed by atoms with E-state index in [-0.39, 0.29) is 25.0 Å². The highest BCUT2D eigenvalue weighted by Gasteiger charge is 2.43. The molecule has 0 saturated carbocycles. The van der Waals surface area contributed by atoms with Gasteiger partial charge in [-0.25, -0.2) is 8.78 Å². The Morgan fingerprint density at radius 1 is 1.27 bits per heavy atom. The summed E-state index contributed by atoms with van der Waals surface area (Å²) < 4.78 is 27.7. The number of aromatic nitrogens is 1. The number of rotatable bonds is 4. The first-order chi connectivity index (χ1) is 14.6. The predicted octanol–water partition coefficient (Wildman–Crippen LogP) is 2.68. The van der Waals surface area contributed by atoms with Crippen LogP contribution in [-0.2, 0) is 4.79 Å². The van der Waals surface area contributed by atoms with Gasteiger partial charge in [0.25, 0.3) is 0 Å². The molecule has 2 fully saturated rings. The topological polar surface area (TPSA) is 81.0 Å². The van der Waals surface area contributed by atoms with E-state index in [0.29, 0.717) is 11.1 Å². The number of hydrogen-bond donors (Lipinski definition) is 2. The lowest BCUT2D eigenvalue weighted by Gasteiger charge is -2.22. The SMILES string of the molecule is N#Cc1ccc(N2CC(C(=O)NC3CCCNCC3)C(C(F)F)C2)c2cccnc12. The molecule has 2 aliphatic heterocycles. The number of pyridine rings is 1. The van der Waals surface area contributed by atoms with E-state index in [1.165, 1.54) is 0 Å². The first-order valence-electron chi connectivity index (χ1n) is 10.4. The first-order valence-corrected chi connectivity index (χ1v) is 10.4. The molecular weight excluding hydrogens is 388 g/mol. The van der Waals surface area contributed by atoms with E-state index in [1.54, 1.807) is 24.4 Å². The average molecular weight is 413 g/mol. The van der Waals surface area contributed by atoms with Gasteiger partial charge < -0.3 is 15.5 Å². The van der Waals surface area contributed by atoms with Crippen molar-refractivity contribution in [2.45, 2.75) is 31.7 Å². The normalized spacial score (nSPS) is 24.6. The largest absolute Gasteiger partial charge is 0.370 e. The minimum absolute atomic E-state index is 0.0276. The number of fused-ring (bicyclic) bond motifs is 1. The van der Waals surface area contributed by atoms with Crippen LogP contribution in [0.4, 0.5) is 14.5 Å². The quantitative estimate of drug-likeness (QED) is 0.806. The summed E-state index contributed by atoms with van der Waals surface area (Å²) in [5, 5.41) is 16.4. The molecule has 4 rings (SSSR count). The average Bonchev–Trinajstić information content (AvgIpc) is 3.05. The van der Waals surface area contributed by atoms with Gasteiger partial charge in [0.15, 0.2) is 0 Å². The smallest absolute Gasteiger partial charge is 0.243 e. The summed E-state index contributed by atoms with van der Waals surface area (Å²) in [6.45, 7) is 2.06. The summed E-state index contributed by atoms with van der Waals surface area (Å²) >= 11 is 0. The van der Waals surface area contributed by atoms with Crippen molar-refractivity contribution < 1.29 is 13.6 Å². The molecule has 2 aliphatic rings. The maximum absolute atomic E-state index is 13.8. The predicted molar refractivity (Wildman–Crippen MR) is 110 cm³/mol. The van der Waals surface area contributed by atoms with E-state index in [9.17, 15) is 18.8 Å². The number of nitrogens with one attached hydrogen (secondary N) is 2. The lowest BCUT2D eigenvalue weighted by molar-refractivity contribution is -0.128. The Balaban J connectivity index is 1.58. The number of hydrogen-bond acceptors (Lipinski definition) is 5. The second kappa shape index (κ2) is 8.92. The summed E-state index contributed by atoms with van der Waals surface area (Å²) in [5.74, 6) is -2.09. The molecule has 6 nitrogen and oxygen atoms in total. The Kier molecular flexibility index (Phi) is 6.09. The number of benzene rings is 1. The molecule has 8 heteroatoms. The van der Waals surface area contributed by atoms with Crippen LogP contribution < -0.4 is 15.5 Å².